The summed E-state index contributed by atoms with van der Waals surface area (Å²) in [5, 5.41) is 0. The molecule has 4 nitrogen and oxygen atoms in total. The Hall–Kier alpha value is -1.03. The molecule has 0 amide bonds. The number of aromatic nitrogens is 2. The second-order valence-corrected chi connectivity index (χ2v) is 2.18. The van der Waals surface area contributed by atoms with Crippen molar-refractivity contribution in [3.05, 3.63) is 12.0 Å². The van der Waals surface area contributed by atoms with Crippen LogP contribution in [0.5, 0.6) is 0 Å². The van der Waals surface area contributed by atoms with E-state index in [-0.39, 0.29) is 0 Å². The van der Waals surface area contributed by atoms with E-state index in [9.17, 15) is 0 Å². The highest BCUT2D eigenvalue weighted by atomic mass is 15.0. The molecular formula is C6H12N4. The minimum atomic E-state index is 0.618. The number of nitrogens with one attached hydrogen (secondary N) is 1. The van der Waals surface area contributed by atoms with Gasteiger partial charge in [-0.15, -0.1) is 0 Å². The van der Waals surface area contributed by atoms with Crippen LogP contribution in [0.2, 0.25) is 0 Å². The fourth-order valence-electron chi connectivity index (χ4n) is 0.775. The quantitative estimate of drug-likeness (QED) is 0.547. The minimum absolute atomic E-state index is 0.618. The van der Waals surface area contributed by atoms with Gasteiger partial charge in [-0.3, -0.25) is 0 Å². The fraction of sp³-hybridized carbons (Fsp3) is 0.500. The van der Waals surface area contributed by atoms with Crippen LogP contribution >= 0.6 is 0 Å². The predicted molar refractivity (Wildman–Crippen MR) is 40.4 cm³/mol. The van der Waals surface area contributed by atoms with Crippen molar-refractivity contribution in [1.29, 1.82) is 0 Å². The Bertz CT molecular complexity index is 193. The van der Waals surface area contributed by atoms with Gasteiger partial charge in [-0.1, -0.05) is 0 Å². The van der Waals surface area contributed by atoms with Crippen molar-refractivity contribution >= 4 is 5.82 Å². The lowest BCUT2D eigenvalue weighted by molar-refractivity contribution is 0.794. The van der Waals surface area contributed by atoms with Gasteiger partial charge in [-0.2, -0.15) is 0 Å². The lowest BCUT2D eigenvalue weighted by Gasteiger charge is -1.91. The second kappa shape index (κ2) is 3.22. The Labute approximate surface area is 59.6 Å². The molecule has 0 aromatic carbocycles. The fourth-order valence-corrected chi connectivity index (χ4v) is 0.775. The average molecular weight is 140 g/mol. The Morgan fingerprint density at radius 3 is 2.90 bits per heavy atom. The minimum Gasteiger partial charge on any atom is -0.384 e. The SMILES string of the molecule is NCCCc1ncc(N)[nH]1. The summed E-state index contributed by atoms with van der Waals surface area (Å²) in [7, 11) is 0. The largest absolute Gasteiger partial charge is 0.384 e. The molecule has 0 bridgehead atoms. The number of hydrogen-bond acceptors (Lipinski definition) is 3. The number of rotatable bonds is 3. The van der Waals surface area contributed by atoms with Crippen molar-refractivity contribution in [3.63, 3.8) is 0 Å². The van der Waals surface area contributed by atoms with Gasteiger partial charge in [0.2, 0.25) is 0 Å². The first-order valence-electron chi connectivity index (χ1n) is 3.32. The third-order valence-electron chi connectivity index (χ3n) is 1.27. The van der Waals surface area contributed by atoms with E-state index in [1.54, 1.807) is 6.20 Å². The number of nitrogens with zero attached hydrogens (tertiary/aromatic N) is 1. The molecule has 1 aromatic heterocycles. The standard InChI is InChI=1S/C6H12N4/c7-3-1-2-6-9-4-5(8)10-6/h4H,1-3,7-8H2,(H,9,10). The zero-order valence-corrected chi connectivity index (χ0v) is 5.80. The van der Waals surface area contributed by atoms with Gasteiger partial charge in [0.15, 0.2) is 0 Å². The van der Waals surface area contributed by atoms with Crippen molar-refractivity contribution < 1.29 is 0 Å². The topological polar surface area (TPSA) is 80.7 Å². The average Bonchev–Trinajstić information content (AvgIpc) is 2.31. The van der Waals surface area contributed by atoms with E-state index < -0.39 is 0 Å². The summed E-state index contributed by atoms with van der Waals surface area (Å²) in [4.78, 5) is 6.94. The lowest BCUT2D eigenvalue weighted by Crippen LogP contribution is -2.01. The Kier molecular flexibility index (Phi) is 2.28. The molecule has 0 aliphatic carbocycles. The maximum Gasteiger partial charge on any atom is 0.120 e. The summed E-state index contributed by atoms with van der Waals surface area (Å²) in [5.74, 6) is 1.54. The lowest BCUT2D eigenvalue weighted by atomic mass is 10.3. The van der Waals surface area contributed by atoms with Crippen LogP contribution in [0.15, 0.2) is 6.20 Å². The molecule has 0 atom stereocenters. The van der Waals surface area contributed by atoms with E-state index in [4.69, 9.17) is 11.5 Å². The number of H-pyrrole nitrogens is 1. The molecule has 1 rings (SSSR count). The molecule has 0 unspecified atom stereocenters. The van der Waals surface area contributed by atoms with Crippen LogP contribution in [0.1, 0.15) is 12.2 Å². The molecule has 5 N–H and O–H groups in total. The van der Waals surface area contributed by atoms with Crippen LogP contribution in [0, 0.1) is 0 Å². The van der Waals surface area contributed by atoms with Gasteiger partial charge < -0.3 is 16.5 Å². The number of hydrogen-bond donors (Lipinski definition) is 3. The summed E-state index contributed by atoms with van der Waals surface area (Å²) >= 11 is 0. The van der Waals surface area contributed by atoms with Crippen molar-refractivity contribution in [2.75, 3.05) is 12.3 Å². The molecular weight excluding hydrogens is 128 g/mol. The summed E-state index contributed by atoms with van der Waals surface area (Å²) in [6, 6.07) is 0. The molecule has 0 radical (unpaired) electrons. The molecule has 4 heteroatoms. The van der Waals surface area contributed by atoms with Gasteiger partial charge in [0.05, 0.1) is 6.20 Å². The number of aromatic amines is 1. The summed E-state index contributed by atoms with van der Waals surface area (Å²) < 4.78 is 0. The Balaban J connectivity index is 2.42. The normalized spacial score (nSPS) is 10.1. The second-order valence-electron chi connectivity index (χ2n) is 2.18. The molecule has 0 saturated heterocycles. The van der Waals surface area contributed by atoms with E-state index in [0.29, 0.717) is 12.4 Å². The van der Waals surface area contributed by atoms with E-state index in [2.05, 4.69) is 9.97 Å². The number of nitrogens with two attached hydrogens (primary N) is 2. The Morgan fingerprint density at radius 2 is 2.40 bits per heavy atom. The zero-order valence-electron chi connectivity index (χ0n) is 5.80. The van der Waals surface area contributed by atoms with Gasteiger partial charge in [-0.25, -0.2) is 4.98 Å². The van der Waals surface area contributed by atoms with E-state index >= 15 is 0 Å². The summed E-state index contributed by atoms with van der Waals surface area (Å²) in [5.41, 5.74) is 10.7. The highest BCUT2D eigenvalue weighted by Crippen LogP contribution is 1.99. The third-order valence-corrected chi connectivity index (χ3v) is 1.27. The molecule has 10 heavy (non-hydrogen) atoms. The zero-order chi connectivity index (χ0) is 7.40. The van der Waals surface area contributed by atoms with Gasteiger partial charge >= 0.3 is 0 Å². The third kappa shape index (κ3) is 1.73. The van der Waals surface area contributed by atoms with Crippen molar-refractivity contribution in [2.45, 2.75) is 12.8 Å². The maximum absolute atomic E-state index is 5.40. The van der Waals surface area contributed by atoms with Crippen LogP contribution in [0.25, 0.3) is 0 Å². The van der Waals surface area contributed by atoms with Crippen LogP contribution < -0.4 is 11.5 Å². The number of imidazole rings is 1. The molecule has 0 aliphatic heterocycles. The first-order chi connectivity index (χ1) is 4.83. The van der Waals surface area contributed by atoms with E-state index in [0.717, 1.165) is 18.7 Å². The van der Waals surface area contributed by atoms with Crippen LogP contribution in [0.4, 0.5) is 5.82 Å². The summed E-state index contributed by atoms with van der Waals surface area (Å²) in [6.07, 6.45) is 3.45. The number of anilines is 1. The van der Waals surface area contributed by atoms with Crippen molar-refractivity contribution in [1.82, 2.24) is 9.97 Å². The molecule has 1 aromatic rings. The molecule has 56 valence electrons. The smallest absolute Gasteiger partial charge is 0.120 e. The van der Waals surface area contributed by atoms with E-state index in [1.165, 1.54) is 0 Å². The van der Waals surface area contributed by atoms with Crippen molar-refractivity contribution in [2.24, 2.45) is 5.73 Å². The first kappa shape index (κ1) is 7.08. The first-order valence-corrected chi connectivity index (χ1v) is 3.32. The van der Waals surface area contributed by atoms with Crippen LogP contribution in [-0.4, -0.2) is 16.5 Å². The van der Waals surface area contributed by atoms with Gasteiger partial charge in [0, 0.05) is 6.42 Å². The van der Waals surface area contributed by atoms with Gasteiger partial charge in [0.25, 0.3) is 0 Å². The maximum atomic E-state index is 5.40. The van der Waals surface area contributed by atoms with Crippen molar-refractivity contribution in [3.8, 4) is 0 Å². The molecule has 0 aliphatic rings. The van der Waals surface area contributed by atoms with Gasteiger partial charge in [0.1, 0.15) is 11.6 Å². The highest BCUT2D eigenvalue weighted by molar-refractivity contribution is 5.24. The van der Waals surface area contributed by atoms with Crippen LogP contribution in [0.3, 0.4) is 0 Å². The number of aryl methyl sites for hydroxylation is 1. The van der Waals surface area contributed by atoms with E-state index in [1.807, 2.05) is 0 Å². The molecule has 0 saturated carbocycles. The highest BCUT2D eigenvalue weighted by Gasteiger charge is 1.94. The molecule has 0 spiro atoms. The van der Waals surface area contributed by atoms with Gasteiger partial charge in [-0.05, 0) is 13.0 Å². The van der Waals surface area contributed by atoms with Crippen LogP contribution in [-0.2, 0) is 6.42 Å². The Morgan fingerprint density at radius 1 is 1.60 bits per heavy atom. The molecule has 0 fully saturated rings. The predicted octanol–water partition coefficient (Wildman–Crippen LogP) is -0.117. The number of nitrogen functional groups attached to an aromatic ring is 1. The summed E-state index contributed by atoms with van der Waals surface area (Å²) in [6.45, 7) is 0.695. The monoisotopic (exact) mass is 140 g/mol. The molecule has 1 heterocycles.